The summed E-state index contributed by atoms with van der Waals surface area (Å²) in [5, 5.41) is 0. The molecule has 0 radical (unpaired) electrons. The first-order valence-electron chi connectivity index (χ1n) is 6.33. The van der Waals surface area contributed by atoms with Crippen LogP contribution in [0, 0.1) is 13.8 Å². The Kier molecular flexibility index (Phi) is 4.35. The van der Waals surface area contributed by atoms with Gasteiger partial charge in [-0.3, -0.25) is 4.98 Å². The lowest BCUT2D eigenvalue weighted by molar-refractivity contribution is 0.0600. The minimum Gasteiger partial charge on any atom is -0.487 e. The monoisotopic (exact) mass is 271 g/mol. The summed E-state index contributed by atoms with van der Waals surface area (Å²) in [5.41, 5.74) is 3.65. The second-order valence-corrected chi connectivity index (χ2v) is 4.58. The molecular weight excluding hydrogens is 254 g/mol. The first-order valence-corrected chi connectivity index (χ1v) is 6.33. The van der Waals surface area contributed by atoms with Gasteiger partial charge in [-0.1, -0.05) is 6.07 Å². The van der Waals surface area contributed by atoms with Crippen molar-refractivity contribution in [2.24, 2.45) is 0 Å². The van der Waals surface area contributed by atoms with Crippen molar-refractivity contribution in [1.82, 2.24) is 4.98 Å². The second-order valence-electron chi connectivity index (χ2n) is 4.58. The van der Waals surface area contributed by atoms with Gasteiger partial charge in [-0.25, -0.2) is 4.79 Å². The Morgan fingerprint density at radius 3 is 2.50 bits per heavy atom. The lowest BCUT2D eigenvalue weighted by atomic mass is 10.2. The highest BCUT2D eigenvalue weighted by molar-refractivity contribution is 5.89. The normalized spacial score (nSPS) is 10.2. The molecule has 1 aromatic carbocycles. The molecule has 104 valence electrons. The molecule has 0 saturated carbocycles. The molecule has 0 atom stereocenters. The molecule has 1 heterocycles. The van der Waals surface area contributed by atoms with E-state index in [1.165, 1.54) is 7.11 Å². The predicted octanol–water partition coefficient (Wildman–Crippen LogP) is 3.06. The molecule has 0 saturated heterocycles. The summed E-state index contributed by atoms with van der Waals surface area (Å²) in [4.78, 5) is 15.7. The fourth-order valence-corrected chi connectivity index (χ4v) is 1.85. The van der Waals surface area contributed by atoms with Crippen LogP contribution >= 0.6 is 0 Å². The lowest BCUT2D eigenvalue weighted by Gasteiger charge is -2.09. The van der Waals surface area contributed by atoms with Crippen molar-refractivity contribution in [2.45, 2.75) is 20.5 Å². The molecule has 2 aromatic rings. The maximum atomic E-state index is 11.3. The van der Waals surface area contributed by atoms with Gasteiger partial charge in [-0.05, 0) is 49.2 Å². The van der Waals surface area contributed by atoms with E-state index in [-0.39, 0.29) is 5.97 Å². The molecule has 4 nitrogen and oxygen atoms in total. The number of carbonyl (C=O) groups excluding carboxylic acids is 1. The van der Waals surface area contributed by atoms with E-state index in [1.54, 1.807) is 24.3 Å². The van der Waals surface area contributed by atoms with Crippen LogP contribution in [0.1, 0.15) is 27.2 Å². The number of hydrogen-bond donors (Lipinski definition) is 0. The molecule has 0 aliphatic heterocycles. The van der Waals surface area contributed by atoms with Gasteiger partial charge < -0.3 is 9.47 Å². The molecule has 0 aliphatic carbocycles. The van der Waals surface area contributed by atoms with Crippen molar-refractivity contribution >= 4 is 5.97 Å². The van der Waals surface area contributed by atoms with Gasteiger partial charge in [0.1, 0.15) is 12.4 Å². The highest BCUT2D eigenvalue weighted by Crippen LogP contribution is 2.15. The molecule has 1 aromatic heterocycles. The van der Waals surface area contributed by atoms with Crippen LogP contribution in [0.2, 0.25) is 0 Å². The Labute approximate surface area is 118 Å². The number of methoxy groups -OCH3 is 1. The number of pyridine rings is 1. The Morgan fingerprint density at radius 1 is 1.20 bits per heavy atom. The van der Waals surface area contributed by atoms with Gasteiger partial charge in [0.2, 0.25) is 0 Å². The topological polar surface area (TPSA) is 48.4 Å². The third kappa shape index (κ3) is 3.35. The van der Waals surface area contributed by atoms with Crippen LogP contribution in [-0.2, 0) is 11.3 Å². The first kappa shape index (κ1) is 14.1. The third-order valence-electron chi connectivity index (χ3n) is 2.97. The summed E-state index contributed by atoms with van der Waals surface area (Å²) in [5.74, 6) is 0.340. The Bertz CT molecular complexity index is 606. The average molecular weight is 271 g/mol. The summed E-state index contributed by atoms with van der Waals surface area (Å²) in [7, 11) is 1.36. The van der Waals surface area contributed by atoms with Crippen molar-refractivity contribution in [3.8, 4) is 5.75 Å². The lowest BCUT2D eigenvalue weighted by Crippen LogP contribution is -2.03. The van der Waals surface area contributed by atoms with Crippen molar-refractivity contribution in [1.29, 1.82) is 0 Å². The number of carbonyl (C=O) groups is 1. The Hall–Kier alpha value is -2.36. The zero-order valence-electron chi connectivity index (χ0n) is 11.8. The van der Waals surface area contributed by atoms with Crippen LogP contribution in [-0.4, -0.2) is 18.1 Å². The Morgan fingerprint density at radius 2 is 1.90 bits per heavy atom. The molecule has 0 spiro atoms. The number of ether oxygens (including phenoxy) is 2. The summed E-state index contributed by atoms with van der Waals surface area (Å²) >= 11 is 0. The number of esters is 1. The maximum absolute atomic E-state index is 11.3. The molecule has 0 fully saturated rings. The molecular formula is C16H17NO3. The molecule has 0 bridgehead atoms. The van der Waals surface area contributed by atoms with Gasteiger partial charge in [0, 0.05) is 6.20 Å². The maximum Gasteiger partial charge on any atom is 0.337 e. The SMILES string of the molecule is COC(=O)c1ccc(OCc2ncc(C)cc2C)cc1. The molecule has 0 aliphatic rings. The van der Waals surface area contributed by atoms with Crippen molar-refractivity contribution in [3.63, 3.8) is 0 Å². The van der Waals surface area contributed by atoms with E-state index < -0.39 is 0 Å². The smallest absolute Gasteiger partial charge is 0.337 e. The summed E-state index contributed by atoms with van der Waals surface area (Å²) in [6.07, 6.45) is 1.83. The van der Waals surface area contributed by atoms with Crippen molar-refractivity contribution in [3.05, 3.63) is 58.9 Å². The molecule has 2 rings (SSSR count). The van der Waals surface area contributed by atoms with Gasteiger partial charge in [-0.15, -0.1) is 0 Å². The zero-order valence-corrected chi connectivity index (χ0v) is 11.8. The second kappa shape index (κ2) is 6.19. The Balaban J connectivity index is 2.02. The highest BCUT2D eigenvalue weighted by Gasteiger charge is 2.06. The molecule has 0 N–H and O–H groups in total. The van der Waals surface area contributed by atoms with Crippen molar-refractivity contribution in [2.75, 3.05) is 7.11 Å². The highest BCUT2D eigenvalue weighted by atomic mass is 16.5. The van der Waals surface area contributed by atoms with Gasteiger partial charge in [0.15, 0.2) is 0 Å². The quantitative estimate of drug-likeness (QED) is 0.802. The number of benzene rings is 1. The van der Waals surface area contributed by atoms with Crippen LogP contribution in [0.15, 0.2) is 36.5 Å². The fourth-order valence-electron chi connectivity index (χ4n) is 1.85. The number of nitrogens with zero attached hydrogens (tertiary/aromatic N) is 1. The molecule has 20 heavy (non-hydrogen) atoms. The first-order chi connectivity index (χ1) is 9.60. The van der Waals surface area contributed by atoms with E-state index in [0.717, 1.165) is 16.8 Å². The van der Waals surface area contributed by atoms with E-state index in [1.807, 2.05) is 20.0 Å². The van der Waals surface area contributed by atoms with Gasteiger partial charge in [0.05, 0.1) is 18.4 Å². The minimum absolute atomic E-state index is 0.354. The van der Waals surface area contributed by atoms with Crippen molar-refractivity contribution < 1.29 is 14.3 Å². The number of rotatable bonds is 4. The largest absolute Gasteiger partial charge is 0.487 e. The van der Waals surface area contributed by atoms with Crippen LogP contribution in [0.3, 0.4) is 0 Å². The van der Waals surface area contributed by atoms with Crippen LogP contribution in [0.25, 0.3) is 0 Å². The van der Waals surface area contributed by atoms with Gasteiger partial charge >= 0.3 is 5.97 Å². The number of aromatic nitrogens is 1. The molecule has 4 heteroatoms. The van der Waals surface area contributed by atoms with Crippen LogP contribution in [0.5, 0.6) is 5.75 Å². The molecule has 0 unspecified atom stereocenters. The number of aryl methyl sites for hydroxylation is 2. The predicted molar refractivity (Wildman–Crippen MR) is 75.8 cm³/mol. The number of hydrogen-bond acceptors (Lipinski definition) is 4. The summed E-state index contributed by atoms with van der Waals surface area (Å²) < 4.78 is 10.3. The average Bonchev–Trinajstić information content (AvgIpc) is 2.46. The van der Waals surface area contributed by atoms with E-state index in [0.29, 0.717) is 17.9 Å². The standard InChI is InChI=1S/C16H17NO3/c1-11-8-12(2)15(17-9-11)10-20-14-6-4-13(5-7-14)16(18)19-3/h4-9H,10H2,1-3H3. The minimum atomic E-state index is -0.354. The van der Waals surface area contributed by atoms with E-state index in [4.69, 9.17) is 4.74 Å². The van der Waals surface area contributed by atoms with Crippen LogP contribution in [0.4, 0.5) is 0 Å². The van der Waals surface area contributed by atoms with Gasteiger partial charge in [0.25, 0.3) is 0 Å². The molecule has 0 amide bonds. The van der Waals surface area contributed by atoms with Crippen LogP contribution < -0.4 is 4.74 Å². The fraction of sp³-hybridized carbons (Fsp3) is 0.250. The summed E-state index contributed by atoms with van der Waals surface area (Å²) in [6.45, 7) is 4.43. The van der Waals surface area contributed by atoms with E-state index in [2.05, 4.69) is 15.8 Å². The van der Waals surface area contributed by atoms with Gasteiger partial charge in [-0.2, -0.15) is 0 Å². The third-order valence-corrected chi connectivity index (χ3v) is 2.97. The van der Waals surface area contributed by atoms with E-state index in [9.17, 15) is 4.79 Å². The van der Waals surface area contributed by atoms with E-state index >= 15 is 0 Å². The summed E-state index contributed by atoms with van der Waals surface area (Å²) in [6, 6.07) is 8.92. The zero-order chi connectivity index (χ0) is 14.5.